The standard InChI is InChI=1S/C10H22N2O/c1-3-11(2)5-4-6-12-7-9-13-10-8-12/h3-10H2,1-2H3. The normalized spacial score (nSPS) is 19.6. The van der Waals surface area contributed by atoms with E-state index in [0.717, 1.165) is 32.8 Å². The second kappa shape index (κ2) is 6.35. The minimum atomic E-state index is 0.920. The fraction of sp³-hybridized carbons (Fsp3) is 1.00. The monoisotopic (exact) mass is 186 g/mol. The zero-order valence-corrected chi connectivity index (χ0v) is 8.96. The van der Waals surface area contributed by atoms with Gasteiger partial charge in [0.1, 0.15) is 0 Å². The van der Waals surface area contributed by atoms with Gasteiger partial charge in [-0.05, 0) is 33.1 Å². The summed E-state index contributed by atoms with van der Waals surface area (Å²) in [7, 11) is 2.18. The predicted molar refractivity (Wildman–Crippen MR) is 55.0 cm³/mol. The molecule has 1 saturated heterocycles. The van der Waals surface area contributed by atoms with E-state index in [1.165, 1.54) is 19.5 Å². The summed E-state index contributed by atoms with van der Waals surface area (Å²) >= 11 is 0. The van der Waals surface area contributed by atoms with Crippen molar-refractivity contribution >= 4 is 0 Å². The first-order valence-corrected chi connectivity index (χ1v) is 5.31. The van der Waals surface area contributed by atoms with E-state index in [1.54, 1.807) is 0 Å². The van der Waals surface area contributed by atoms with Gasteiger partial charge in [0.15, 0.2) is 0 Å². The van der Waals surface area contributed by atoms with Crippen molar-refractivity contribution in [1.82, 2.24) is 9.80 Å². The van der Waals surface area contributed by atoms with Gasteiger partial charge in [-0.25, -0.2) is 0 Å². The molecule has 0 atom stereocenters. The molecule has 0 bridgehead atoms. The van der Waals surface area contributed by atoms with Crippen molar-refractivity contribution in [2.75, 3.05) is 53.0 Å². The number of ether oxygens (including phenoxy) is 1. The Morgan fingerprint density at radius 1 is 1.31 bits per heavy atom. The van der Waals surface area contributed by atoms with Crippen LogP contribution in [0.4, 0.5) is 0 Å². The fourth-order valence-electron chi connectivity index (χ4n) is 1.55. The Kier molecular flexibility index (Phi) is 5.35. The highest BCUT2D eigenvalue weighted by atomic mass is 16.5. The van der Waals surface area contributed by atoms with Crippen LogP contribution in [0.2, 0.25) is 0 Å². The molecule has 3 heteroatoms. The maximum Gasteiger partial charge on any atom is 0.0594 e. The third kappa shape index (κ3) is 4.60. The Bertz CT molecular complexity index is 124. The topological polar surface area (TPSA) is 15.7 Å². The number of morpholine rings is 1. The van der Waals surface area contributed by atoms with E-state index in [0.29, 0.717) is 0 Å². The van der Waals surface area contributed by atoms with Gasteiger partial charge in [0.05, 0.1) is 13.2 Å². The van der Waals surface area contributed by atoms with Crippen LogP contribution in [0.3, 0.4) is 0 Å². The van der Waals surface area contributed by atoms with Crippen molar-refractivity contribution < 1.29 is 4.74 Å². The predicted octanol–water partition coefficient (Wildman–Crippen LogP) is 0.660. The van der Waals surface area contributed by atoms with Crippen LogP contribution in [0, 0.1) is 0 Å². The molecule has 1 heterocycles. The van der Waals surface area contributed by atoms with E-state index in [9.17, 15) is 0 Å². The lowest BCUT2D eigenvalue weighted by Gasteiger charge is -2.27. The van der Waals surface area contributed by atoms with Gasteiger partial charge in [-0.3, -0.25) is 4.90 Å². The molecule has 13 heavy (non-hydrogen) atoms. The second-order valence-corrected chi connectivity index (χ2v) is 3.70. The van der Waals surface area contributed by atoms with Gasteiger partial charge < -0.3 is 9.64 Å². The smallest absolute Gasteiger partial charge is 0.0594 e. The van der Waals surface area contributed by atoms with Crippen LogP contribution in [0.15, 0.2) is 0 Å². The van der Waals surface area contributed by atoms with Crippen molar-refractivity contribution in [2.45, 2.75) is 13.3 Å². The van der Waals surface area contributed by atoms with Crippen LogP contribution in [-0.4, -0.2) is 62.8 Å². The van der Waals surface area contributed by atoms with E-state index in [2.05, 4.69) is 23.8 Å². The van der Waals surface area contributed by atoms with E-state index in [4.69, 9.17) is 4.74 Å². The first-order chi connectivity index (χ1) is 6.33. The molecule has 0 aliphatic carbocycles. The lowest BCUT2D eigenvalue weighted by molar-refractivity contribution is 0.0365. The summed E-state index contributed by atoms with van der Waals surface area (Å²) in [5.41, 5.74) is 0. The Morgan fingerprint density at radius 3 is 2.62 bits per heavy atom. The van der Waals surface area contributed by atoms with E-state index in [-0.39, 0.29) is 0 Å². The van der Waals surface area contributed by atoms with Crippen LogP contribution in [0.25, 0.3) is 0 Å². The third-order valence-corrected chi connectivity index (χ3v) is 2.66. The van der Waals surface area contributed by atoms with Crippen molar-refractivity contribution in [3.05, 3.63) is 0 Å². The van der Waals surface area contributed by atoms with Gasteiger partial charge in [-0.1, -0.05) is 6.92 Å². The quantitative estimate of drug-likeness (QED) is 0.627. The van der Waals surface area contributed by atoms with Crippen molar-refractivity contribution in [2.24, 2.45) is 0 Å². The summed E-state index contributed by atoms with van der Waals surface area (Å²) in [6.45, 7) is 9.89. The SMILES string of the molecule is CCN(C)CCCN1CCOCC1. The van der Waals surface area contributed by atoms with E-state index in [1.807, 2.05) is 0 Å². The Balaban J connectivity index is 1.98. The van der Waals surface area contributed by atoms with E-state index >= 15 is 0 Å². The fourth-order valence-corrected chi connectivity index (χ4v) is 1.55. The Hall–Kier alpha value is -0.120. The summed E-state index contributed by atoms with van der Waals surface area (Å²) in [4.78, 5) is 4.85. The first kappa shape index (κ1) is 11.0. The molecule has 3 nitrogen and oxygen atoms in total. The maximum atomic E-state index is 5.30. The average molecular weight is 186 g/mol. The summed E-state index contributed by atoms with van der Waals surface area (Å²) in [6.07, 6.45) is 1.28. The zero-order valence-electron chi connectivity index (χ0n) is 8.96. The molecule has 0 radical (unpaired) electrons. The summed E-state index contributed by atoms with van der Waals surface area (Å²) < 4.78 is 5.30. The highest BCUT2D eigenvalue weighted by Crippen LogP contribution is 1.98. The number of nitrogens with zero attached hydrogens (tertiary/aromatic N) is 2. The minimum Gasteiger partial charge on any atom is -0.379 e. The van der Waals surface area contributed by atoms with Crippen LogP contribution < -0.4 is 0 Å². The molecule has 0 amide bonds. The molecule has 0 aromatic rings. The van der Waals surface area contributed by atoms with Crippen molar-refractivity contribution in [1.29, 1.82) is 0 Å². The Labute approximate surface area is 81.7 Å². The maximum absolute atomic E-state index is 5.30. The molecule has 0 N–H and O–H groups in total. The molecule has 0 aromatic heterocycles. The summed E-state index contributed by atoms with van der Waals surface area (Å²) in [6, 6.07) is 0. The molecule has 0 spiro atoms. The van der Waals surface area contributed by atoms with Gasteiger partial charge in [-0.2, -0.15) is 0 Å². The van der Waals surface area contributed by atoms with Crippen LogP contribution in [0.5, 0.6) is 0 Å². The molecule has 0 saturated carbocycles. The lowest BCUT2D eigenvalue weighted by atomic mass is 10.3. The largest absolute Gasteiger partial charge is 0.379 e. The molecule has 1 aliphatic heterocycles. The average Bonchev–Trinajstić information content (AvgIpc) is 2.19. The zero-order chi connectivity index (χ0) is 9.52. The highest BCUT2D eigenvalue weighted by Gasteiger charge is 2.09. The number of hydrogen-bond acceptors (Lipinski definition) is 3. The van der Waals surface area contributed by atoms with Crippen molar-refractivity contribution in [3.8, 4) is 0 Å². The molecule has 0 unspecified atom stereocenters. The molecular formula is C10H22N2O. The van der Waals surface area contributed by atoms with Gasteiger partial charge in [-0.15, -0.1) is 0 Å². The molecule has 0 aromatic carbocycles. The van der Waals surface area contributed by atoms with E-state index < -0.39 is 0 Å². The van der Waals surface area contributed by atoms with Gasteiger partial charge in [0, 0.05) is 13.1 Å². The van der Waals surface area contributed by atoms with Crippen molar-refractivity contribution in [3.63, 3.8) is 0 Å². The molecule has 1 fully saturated rings. The minimum absolute atomic E-state index is 0.920. The molecule has 1 aliphatic rings. The highest BCUT2D eigenvalue weighted by molar-refractivity contribution is 4.62. The van der Waals surface area contributed by atoms with Gasteiger partial charge in [0.25, 0.3) is 0 Å². The number of rotatable bonds is 5. The molecular weight excluding hydrogens is 164 g/mol. The van der Waals surface area contributed by atoms with Crippen LogP contribution >= 0.6 is 0 Å². The van der Waals surface area contributed by atoms with Gasteiger partial charge >= 0.3 is 0 Å². The molecule has 78 valence electrons. The van der Waals surface area contributed by atoms with Crippen LogP contribution in [-0.2, 0) is 4.74 Å². The molecule has 1 rings (SSSR count). The third-order valence-electron chi connectivity index (χ3n) is 2.66. The van der Waals surface area contributed by atoms with Crippen LogP contribution in [0.1, 0.15) is 13.3 Å². The summed E-state index contributed by atoms with van der Waals surface area (Å²) in [5.74, 6) is 0. The summed E-state index contributed by atoms with van der Waals surface area (Å²) in [5, 5.41) is 0. The second-order valence-electron chi connectivity index (χ2n) is 3.70. The number of hydrogen-bond donors (Lipinski definition) is 0. The first-order valence-electron chi connectivity index (χ1n) is 5.31. The van der Waals surface area contributed by atoms with Gasteiger partial charge in [0.2, 0.25) is 0 Å². The lowest BCUT2D eigenvalue weighted by Crippen LogP contribution is -2.37. The Morgan fingerprint density at radius 2 is 2.00 bits per heavy atom.